The van der Waals surface area contributed by atoms with Crippen LogP contribution in [0.1, 0.15) is 18.5 Å². The van der Waals surface area contributed by atoms with E-state index >= 15 is 0 Å². The van der Waals surface area contributed by atoms with Crippen LogP contribution >= 0.6 is 11.8 Å². The molecule has 0 heterocycles. The standard InChI is InChI=1S/C18H17FN2O2S/c1-13(21-18(22)12-24-10-9-20)14-7-8-17(16(19)11-14)23-15-5-3-2-4-6-15/h2-8,11,13H,10,12H2,1H3,(H,21,22)/t13-/m1/s1. The summed E-state index contributed by atoms with van der Waals surface area (Å²) in [6, 6.07) is 15.2. The Kier molecular flexibility index (Phi) is 6.64. The van der Waals surface area contributed by atoms with Crippen LogP contribution in [0.5, 0.6) is 11.5 Å². The fourth-order valence-corrected chi connectivity index (χ4v) is 2.50. The van der Waals surface area contributed by atoms with Gasteiger partial charge >= 0.3 is 0 Å². The van der Waals surface area contributed by atoms with Crippen molar-refractivity contribution < 1.29 is 13.9 Å². The Balaban J connectivity index is 1.98. The number of nitrogens with zero attached hydrogens (tertiary/aromatic N) is 1. The maximum atomic E-state index is 14.2. The lowest BCUT2D eigenvalue weighted by Gasteiger charge is -2.15. The maximum absolute atomic E-state index is 14.2. The van der Waals surface area contributed by atoms with Crippen molar-refractivity contribution in [1.82, 2.24) is 5.32 Å². The monoisotopic (exact) mass is 344 g/mol. The van der Waals surface area contributed by atoms with Crippen LogP contribution in [0.15, 0.2) is 48.5 Å². The fraction of sp³-hybridized carbons (Fsp3) is 0.222. The second-order valence-electron chi connectivity index (χ2n) is 5.05. The summed E-state index contributed by atoms with van der Waals surface area (Å²) in [6.07, 6.45) is 0. The molecule has 1 atom stereocenters. The lowest BCUT2D eigenvalue weighted by molar-refractivity contribution is -0.119. The van der Waals surface area contributed by atoms with Gasteiger partial charge in [0.1, 0.15) is 5.75 Å². The van der Waals surface area contributed by atoms with Crippen molar-refractivity contribution >= 4 is 17.7 Å². The van der Waals surface area contributed by atoms with Crippen LogP contribution in [0.2, 0.25) is 0 Å². The van der Waals surface area contributed by atoms with E-state index in [-0.39, 0.29) is 29.2 Å². The normalized spacial score (nSPS) is 11.4. The second kappa shape index (κ2) is 8.94. The zero-order valence-corrected chi connectivity index (χ0v) is 14.0. The molecule has 24 heavy (non-hydrogen) atoms. The highest BCUT2D eigenvalue weighted by Crippen LogP contribution is 2.26. The zero-order valence-electron chi connectivity index (χ0n) is 13.2. The van der Waals surface area contributed by atoms with Crippen LogP contribution in [0, 0.1) is 17.1 Å². The highest BCUT2D eigenvalue weighted by atomic mass is 32.2. The molecule has 0 saturated heterocycles. The number of nitrogens with one attached hydrogen (secondary N) is 1. The molecule has 0 bridgehead atoms. The molecule has 1 amide bonds. The van der Waals surface area contributed by atoms with E-state index in [1.807, 2.05) is 24.3 Å². The van der Waals surface area contributed by atoms with Crippen molar-refractivity contribution in [3.05, 3.63) is 59.9 Å². The molecule has 124 valence electrons. The third kappa shape index (κ3) is 5.28. The first-order valence-corrected chi connectivity index (χ1v) is 8.52. The number of ether oxygens (including phenoxy) is 1. The molecule has 2 aromatic rings. The Hall–Kier alpha value is -2.52. The summed E-state index contributed by atoms with van der Waals surface area (Å²) in [5, 5.41) is 11.2. The molecule has 0 aromatic heterocycles. The quantitative estimate of drug-likeness (QED) is 0.770. The van der Waals surface area contributed by atoms with Gasteiger partial charge in [-0.25, -0.2) is 4.39 Å². The predicted octanol–water partition coefficient (Wildman–Crippen LogP) is 4.05. The topological polar surface area (TPSA) is 62.1 Å². The summed E-state index contributed by atoms with van der Waals surface area (Å²) in [6.45, 7) is 1.78. The lowest BCUT2D eigenvalue weighted by Crippen LogP contribution is -2.28. The summed E-state index contributed by atoms with van der Waals surface area (Å²) in [7, 11) is 0. The highest BCUT2D eigenvalue weighted by molar-refractivity contribution is 8.00. The number of amides is 1. The van der Waals surface area contributed by atoms with E-state index in [9.17, 15) is 9.18 Å². The molecule has 0 saturated carbocycles. The Morgan fingerprint density at radius 2 is 2.08 bits per heavy atom. The van der Waals surface area contributed by atoms with Crippen molar-refractivity contribution in [3.63, 3.8) is 0 Å². The minimum Gasteiger partial charge on any atom is -0.454 e. The average Bonchev–Trinajstić information content (AvgIpc) is 2.58. The van der Waals surface area contributed by atoms with E-state index < -0.39 is 5.82 Å². The number of thioether (sulfide) groups is 1. The van der Waals surface area contributed by atoms with Gasteiger partial charge in [-0.2, -0.15) is 5.26 Å². The van der Waals surface area contributed by atoms with Gasteiger partial charge in [0, 0.05) is 0 Å². The number of carbonyl (C=O) groups is 1. The van der Waals surface area contributed by atoms with E-state index in [2.05, 4.69) is 5.32 Å². The van der Waals surface area contributed by atoms with Crippen molar-refractivity contribution in [2.24, 2.45) is 0 Å². The molecule has 2 aromatic carbocycles. The molecule has 0 aliphatic carbocycles. The number of rotatable bonds is 7. The van der Waals surface area contributed by atoms with E-state index in [0.29, 0.717) is 11.3 Å². The van der Waals surface area contributed by atoms with E-state index in [1.165, 1.54) is 17.8 Å². The number of nitriles is 1. The van der Waals surface area contributed by atoms with Crippen LogP contribution in [0.4, 0.5) is 4.39 Å². The number of halogens is 1. The summed E-state index contributed by atoms with van der Waals surface area (Å²) < 4.78 is 19.7. The van der Waals surface area contributed by atoms with Gasteiger partial charge in [-0.15, -0.1) is 11.8 Å². The van der Waals surface area contributed by atoms with E-state index in [0.717, 1.165) is 0 Å². The van der Waals surface area contributed by atoms with Gasteiger partial charge in [0.25, 0.3) is 0 Å². The summed E-state index contributed by atoms with van der Waals surface area (Å²) in [4.78, 5) is 11.7. The number of hydrogen-bond acceptors (Lipinski definition) is 4. The number of hydrogen-bond donors (Lipinski definition) is 1. The van der Waals surface area contributed by atoms with Crippen LogP contribution in [-0.4, -0.2) is 17.4 Å². The zero-order chi connectivity index (χ0) is 17.4. The molecule has 4 nitrogen and oxygen atoms in total. The SMILES string of the molecule is C[C@@H](NC(=O)CSCC#N)c1ccc(Oc2ccccc2)c(F)c1. The van der Waals surface area contributed by atoms with Crippen LogP contribution in [0.3, 0.4) is 0 Å². The molecule has 0 spiro atoms. The van der Waals surface area contributed by atoms with E-state index in [4.69, 9.17) is 10.00 Å². The molecule has 0 radical (unpaired) electrons. The highest BCUT2D eigenvalue weighted by Gasteiger charge is 2.13. The van der Waals surface area contributed by atoms with Crippen molar-refractivity contribution in [2.45, 2.75) is 13.0 Å². The Morgan fingerprint density at radius 3 is 2.75 bits per heavy atom. The van der Waals surface area contributed by atoms with Gasteiger partial charge in [0.15, 0.2) is 11.6 Å². The number of para-hydroxylation sites is 1. The molecular formula is C18H17FN2O2S. The van der Waals surface area contributed by atoms with Crippen LogP contribution in [0.25, 0.3) is 0 Å². The first kappa shape index (κ1) is 17.8. The summed E-state index contributed by atoms with van der Waals surface area (Å²) in [5.74, 6) is 0.481. The van der Waals surface area contributed by atoms with Gasteiger partial charge in [-0.1, -0.05) is 24.3 Å². The Bertz CT molecular complexity index is 732. The molecule has 2 rings (SSSR count). The number of benzene rings is 2. The minimum atomic E-state index is -0.490. The van der Waals surface area contributed by atoms with Crippen molar-refractivity contribution in [1.29, 1.82) is 5.26 Å². The van der Waals surface area contributed by atoms with Gasteiger partial charge in [0.2, 0.25) is 5.91 Å². The third-order valence-electron chi connectivity index (χ3n) is 3.20. The van der Waals surface area contributed by atoms with E-state index in [1.54, 1.807) is 31.2 Å². The molecule has 6 heteroatoms. The fourth-order valence-electron chi connectivity index (χ4n) is 2.04. The molecular weight excluding hydrogens is 327 g/mol. The molecule has 0 aliphatic rings. The third-order valence-corrected chi connectivity index (χ3v) is 4.00. The largest absolute Gasteiger partial charge is 0.454 e. The number of carbonyl (C=O) groups excluding carboxylic acids is 1. The second-order valence-corrected chi connectivity index (χ2v) is 6.03. The van der Waals surface area contributed by atoms with Crippen LogP contribution in [-0.2, 0) is 4.79 Å². The first-order chi connectivity index (χ1) is 11.6. The van der Waals surface area contributed by atoms with Crippen LogP contribution < -0.4 is 10.1 Å². The Labute approximate surface area is 144 Å². The van der Waals surface area contributed by atoms with Gasteiger partial charge in [0.05, 0.1) is 23.6 Å². The lowest BCUT2D eigenvalue weighted by atomic mass is 10.1. The Morgan fingerprint density at radius 1 is 1.33 bits per heavy atom. The predicted molar refractivity (Wildman–Crippen MR) is 92.4 cm³/mol. The molecule has 0 unspecified atom stereocenters. The van der Waals surface area contributed by atoms with Gasteiger partial charge in [-0.05, 0) is 36.8 Å². The summed E-state index contributed by atoms with van der Waals surface area (Å²) in [5.41, 5.74) is 0.645. The van der Waals surface area contributed by atoms with Crippen molar-refractivity contribution in [3.8, 4) is 17.6 Å². The minimum absolute atomic E-state index is 0.132. The molecule has 1 N–H and O–H groups in total. The smallest absolute Gasteiger partial charge is 0.230 e. The average molecular weight is 344 g/mol. The van der Waals surface area contributed by atoms with Gasteiger partial charge in [-0.3, -0.25) is 4.79 Å². The summed E-state index contributed by atoms with van der Waals surface area (Å²) >= 11 is 1.24. The molecule has 0 fully saturated rings. The molecule has 0 aliphatic heterocycles. The van der Waals surface area contributed by atoms with Gasteiger partial charge < -0.3 is 10.1 Å². The first-order valence-electron chi connectivity index (χ1n) is 7.36. The maximum Gasteiger partial charge on any atom is 0.230 e. The van der Waals surface area contributed by atoms with Crippen molar-refractivity contribution in [2.75, 3.05) is 11.5 Å².